The lowest BCUT2D eigenvalue weighted by Gasteiger charge is -2.03. The minimum Gasteiger partial charge on any atom is -0.309 e. The normalized spacial score (nSPS) is 10.1. The van der Waals surface area contributed by atoms with Gasteiger partial charge < -0.3 is 5.32 Å². The summed E-state index contributed by atoms with van der Waals surface area (Å²) >= 11 is 0. The van der Waals surface area contributed by atoms with Crippen LogP contribution in [0.4, 0.5) is 0 Å². The second kappa shape index (κ2) is 5.22. The van der Waals surface area contributed by atoms with Crippen molar-refractivity contribution in [2.24, 2.45) is 0 Å². The Bertz CT molecular complexity index is 347. The van der Waals surface area contributed by atoms with Crippen LogP contribution in [-0.4, -0.2) is 9.97 Å². The van der Waals surface area contributed by atoms with Crippen LogP contribution in [0.5, 0.6) is 0 Å². The van der Waals surface area contributed by atoms with Gasteiger partial charge >= 0.3 is 0 Å². The monoisotopic (exact) mass is 199 g/mol. The molecule has 1 N–H and O–H groups in total. The fourth-order valence-electron chi connectivity index (χ4n) is 1.36. The summed E-state index contributed by atoms with van der Waals surface area (Å²) in [4.78, 5) is 8.12. The van der Waals surface area contributed by atoms with Crippen LogP contribution in [-0.2, 0) is 13.1 Å². The van der Waals surface area contributed by atoms with Gasteiger partial charge in [0.15, 0.2) is 0 Å². The van der Waals surface area contributed by atoms with E-state index in [1.54, 1.807) is 12.4 Å². The van der Waals surface area contributed by atoms with Gasteiger partial charge in [0.2, 0.25) is 0 Å². The van der Waals surface area contributed by atoms with Gasteiger partial charge in [-0.2, -0.15) is 0 Å². The summed E-state index contributed by atoms with van der Waals surface area (Å²) in [5, 5.41) is 3.34. The first-order valence-corrected chi connectivity index (χ1v) is 4.94. The minimum absolute atomic E-state index is 0.836. The first kappa shape index (κ1) is 9.80. The molecular formula is C12H13N3. The van der Waals surface area contributed by atoms with Gasteiger partial charge in [-0.3, -0.25) is 9.97 Å². The second-order valence-corrected chi connectivity index (χ2v) is 3.33. The number of hydrogen-bond acceptors (Lipinski definition) is 3. The molecule has 76 valence electrons. The van der Waals surface area contributed by atoms with Crippen molar-refractivity contribution in [3.05, 3.63) is 60.2 Å². The van der Waals surface area contributed by atoms with Crippen LogP contribution in [0.1, 0.15) is 11.1 Å². The van der Waals surface area contributed by atoms with Crippen LogP contribution in [0.3, 0.4) is 0 Å². The van der Waals surface area contributed by atoms with Crippen molar-refractivity contribution in [1.29, 1.82) is 0 Å². The van der Waals surface area contributed by atoms with Crippen molar-refractivity contribution in [3.8, 4) is 0 Å². The number of aromatic nitrogens is 2. The number of rotatable bonds is 4. The van der Waals surface area contributed by atoms with Crippen molar-refractivity contribution in [2.45, 2.75) is 13.1 Å². The van der Waals surface area contributed by atoms with Crippen molar-refractivity contribution in [3.63, 3.8) is 0 Å². The second-order valence-electron chi connectivity index (χ2n) is 3.33. The highest BCUT2D eigenvalue weighted by atomic mass is 14.9. The van der Waals surface area contributed by atoms with Crippen molar-refractivity contribution >= 4 is 0 Å². The quantitative estimate of drug-likeness (QED) is 0.815. The molecule has 0 aromatic carbocycles. The zero-order valence-electron chi connectivity index (χ0n) is 8.43. The fourth-order valence-corrected chi connectivity index (χ4v) is 1.36. The van der Waals surface area contributed by atoms with Crippen LogP contribution >= 0.6 is 0 Å². The highest BCUT2D eigenvalue weighted by molar-refractivity contribution is 5.10. The Balaban J connectivity index is 1.81. The van der Waals surface area contributed by atoms with Gasteiger partial charge in [0.05, 0.1) is 0 Å². The molecule has 3 nitrogen and oxygen atoms in total. The first-order chi connectivity index (χ1) is 7.45. The Morgan fingerprint density at radius 2 is 1.40 bits per heavy atom. The molecule has 2 heterocycles. The molecule has 0 radical (unpaired) electrons. The molecule has 15 heavy (non-hydrogen) atoms. The molecule has 2 aromatic rings. The van der Waals surface area contributed by atoms with Gasteiger partial charge in [-0.1, -0.05) is 12.1 Å². The number of nitrogens with one attached hydrogen (secondary N) is 1. The predicted octanol–water partition coefficient (Wildman–Crippen LogP) is 1.77. The molecule has 2 aromatic heterocycles. The summed E-state index contributed by atoms with van der Waals surface area (Å²) in [7, 11) is 0. The molecule has 0 saturated heterocycles. The Hall–Kier alpha value is -1.74. The molecule has 0 amide bonds. The first-order valence-electron chi connectivity index (χ1n) is 4.94. The molecule has 3 heteroatoms. The summed E-state index contributed by atoms with van der Waals surface area (Å²) in [6, 6.07) is 8.01. The molecule has 0 aliphatic heterocycles. The molecule has 0 spiro atoms. The lowest BCUT2D eigenvalue weighted by Crippen LogP contribution is -2.12. The summed E-state index contributed by atoms with van der Waals surface area (Å²) in [6.45, 7) is 1.67. The van der Waals surface area contributed by atoms with Crippen LogP contribution < -0.4 is 5.32 Å². The Morgan fingerprint density at radius 3 is 1.80 bits per heavy atom. The topological polar surface area (TPSA) is 37.8 Å². The number of hydrogen-bond donors (Lipinski definition) is 1. The molecule has 0 bridgehead atoms. The summed E-state index contributed by atoms with van der Waals surface area (Å²) in [5.41, 5.74) is 2.39. The number of pyridine rings is 2. The Kier molecular flexibility index (Phi) is 3.41. The van der Waals surface area contributed by atoms with E-state index in [4.69, 9.17) is 0 Å². The SMILES string of the molecule is c1cncc(CNCc2cccnc2)c1. The van der Waals surface area contributed by atoms with Gasteiger partial charge in [0.25, 0.3) is 0 Å². The van der Waals surface area contributed by atoms with Crippen molar-refractivity contribution in [2.75, 3.05) is 0 Å². The van der Waals surface area contributed by atoms with E-state index < -0.39 is 0 Å². The molecule has 0 fully saturated rings. The highest BCUT2D eigenvalue weighted by Crippen LogP contribution is 1.97. The molecule has 0 aliphatic carbocycles. The average molecular weight is 199 g/mol. The summed E-state index contributed by atoms with van der Waals surface area (Å²) in [5.74, 6) is 0. The number of nitrogens with zero attached hydrogens (tertiary/aromatic N) is 2. The van der Waals surface area contributed by atoms with E-state index >= 15 is 0 Å². The zero-order chi connectivity index (χ0) is 10.3. The maximum absolute atomic E-state index is 4.06. The third-order valence-electron chi connectivity index (χ3n) is 2.10. The van der Waals surface area contributed by atoms with E-state index in [0.29, 0.717) is 0 Å². The van der Waals surface area contributed by atoms with Gasteiger partial charge in [0, 0.05) is 37.9 Å². The molecule has 0 saturated carbocycles. The minimum atomic E-state index is 0.836. The highest BCUT2D eigenvalue weighted by Gasteiger charge is 1.93. The van der Waals surface area contributed by atoms with Crippen LogP contribution in [0.25, 0.3) is 0 Å². The maximum atomic E-state index is 4.06. The van der Waals surface area contributed by atoms with E-state index in [1.807, 2.05) is 24.5 Å². The van der Waals surface area contributed by atoms with Crippen molar-refractivity contribution < 1.29 is 0 Å². The van der Waals surface area contributed by atoms with E-state index in [1.165, 1.54) is 11.1 Å². The average Bonchev–Trinajstić information content (AvgIpc) is 2.32. The van der Waals surface area contributed by atoms with Gasteiger partial charge in [-0.25, -0.2) is 0 Å². The van der Waals surface area contributed by atoms with Crippen LogP contribution in [0.2, 0.25) is 0 Å². The van der Waals surface area contributed by atoms with E-state index in [2.05, 4.69) is 27.4 Å². The summed E-state index contributed by atoms with van der Waals surface area (Å²) in [6.07, 6.45) is 7.31. The van der Waals surface area contributed by atoms with Crippen molar-refractivity contribution in [1.82, 2.24) is 15.3 Å². The van der Waals surface area contributed by atoms with Crippen LogP contribution in [0.15, 0.2) is 49.1 Å². The van der Waals surface area contributed by atoms with E-state index in [9.17, 15) is 0 Å². The third-order valence-corrected chi connectivity index (χ3v) is 2.10. The predicted molar refractivity (Wildman–Crippen MR) is 59.0 cm³/mol. The van der Waals surface area contributed by atoms with Gasteiger partial charge in [0.1, 0.15) is 0 Å². The zero-order valence-corrected chi connectivity index (χ0v) is 8.43. The van der Waals surface area contributed by atoms with Gasteiger partial charge in [-0.15, -0.1) is 0 Å². The van der Waals surface area contributed by atoms with Gasteiger partial charge in [-0.05, 0) is 23.3 Å². The molecule has 0 unspecified atom stereocenters. The molecule has 2 rings (SSSR count). The largest absolute Gasteiger partial charge is 0.309 e. The lowest BCUT2D eigenvalue weighted by atomic mass is 10.2. The third kappa shape index (κ3) is 3.14. The van der Waals surface area contributed by atoms with Crippen LogP contribution in [0, 0.1) is 0 Å². The summed E-state index contributed by atoms with van der Waals surface area (Å²) < 4.78 is 0. The van der Waals surface area contributed by atoms with E-state index in [0.717, 1.165) is 13.1 Å². The van der Waals surface area contributed by atoms with E-state index in [-0.39, 0.29) is 0 Å². The smallest absolute Gasteiger partial charge is 0.0312 e. The fraction of sp³-hybridized carbons (Fsp3) is 0.167. The standard InChI is InChI=1S/C12H13N3/c1-3-11(7-13-5-1)9-15-10-12-4-2-6-14-8-12/h1-8,15H,9-10H2. The Labute approximate surface area is 89.2 Å². The maximum Gasteiger partial charge on any atom is 0.0312 e. The molecule has 0 atom stereocenters. The lowest BCUT2D eigenvalue weighted by molar-refractivity contribution is 0.689. The Morgan fingerprint density at radius 1 is 0.867 bits per heavy atom. The molecule has 0 aliphatic rings. The molecular weight excluding hydrogens is 186 g/mol.